The fraction of sp³-hybridized carbons (Fsp3) is 0.357. The molecule has 23 heavy (non-hydrogen) atoms. The van der Waals surface area contributed by atoms with E-state index in [9.17, 15) is 18.8 Å². The molecule has 9 heteroatoms. The Bertz CT molecular complexity index is 659. The summed E-state index contributed by atoms with van der Waals surface area (Å²) in [6.07, 6.45) is -1.63. The molecular weight excluding hydrogens is 373 g/mol. The number of benzene rings is 1. The van der Waals surface area contributed by atoms with Gasteiger partial charge in [0.05, 0.1) is 11.3 Å². The van der Waals surface area contributed by atoms with Gasteiger partial charge in [-0.3, -0.25) is 9.59 Å². The topological polar surface area (TPSA) is 113 Å². The second-order valence-corrected chi connectivity index (χ2v) is 6.16. The van der Waals surface area contributed by atoms with Crippen molar-refractivity contribution in [3.05, 3.63) is 28.2 Å². The zero-order valence-corrected chi connectivity index (χ0v) is 13.6. The molecule has 1 heterocycles. The summed E-state index contributed by atoms with van der Waals surface area (Å²) < 4.78 is 15.3. The number of amides is 3. The summed E-state index contributed by atoms with van der Waals surface area (Å²) in [5.41, 5.74) is 3.23. The minimum Gasteiger partial charge on any atom is -0.465 e. The highest BCUT2D eigenvalue weighted by molar-refractivity contribution is 9.10. The molecule has 4 N–H and O–H groups in total. The molecule has 3 amide bonds. The van der Waals surface area contributed by atoms with Crippen LogP contribution in [0.1, 0.15) is 23.2 Å². The normalized spacial score (nSPS) is 16.7. The molecule has 1 fully saturated rings. The molecule has 0 saturated carbocycles. The first-order chi connectivity index (χ1) is 10.7. The minimum atomic E-state index is -2.19. The molecule has 1 aromatic rings. The number of carbonyl (C=O) groups is 3. The van der Waals surface area contributed by atoms with E-state index in [1.165, 1.54) is 12.1 Å². The molecule has 0 bridgehead atoms. The van der Waals surface area contributed by atoms with Gasteiger partial charge >= 0.3 is 6.09 Å². The molecule has 0 spiro atoms. The van der Waals surface area contributed by atoms with Crippen LogP contribution in [0.2, 0.25) is 0 Å². The monoisotopic (exact) mass is 387 g/mol. The number of nitrogens with zero attached hydrogens (tertiary/aromatic N) is 1. The van der Waals surface area contributed by atoms with Crippen molar-refractivity contribution in [2.75, 3.05) is 18.4 Å². The Kier molecular flexibility index (Phi) is 4.88. The van der Waals surface area contributed by atoms with Gasteiger partial charge in [-0.05, 0) is 18.2 Å². The summed E-state index contributed by atoms with van der Waals surface area (Å²) in [6, 6.07) is 4.45. The molecule has 2 rings (SSSR count). The molecule has 1 saturated heterocycles. The molecule has 0 aromatic heterocycles. The van der Waals surface area contributed by atoms with E-state index in [-0.39, 0.29) is 37.2 Å². The van der Waals surface area contributed by atoms with Crippen molar-refractivity contribution in [1.29, 1.82) is 0 Å². The third-order valence-electron chi connectivity index (χ3n) is 3.73. The van der Waals surface area contributed by atoms with Crippen molar-refractivity contribution < 1.29 is 23.9 Å². The number of nitrogens with one attached hydrogen (secondary N) is 1. The summed E-state index contributed by atoms with van der Waals surface area (Å²) in [4.78, 5) is 35.5. The molecule has 0 unspecified atom stereocenters. The molecule has 124 valence electrons. The molecule has 1 aliphatic heterocycles. The third kappa shape index (κ3) is 3.79. The second kappa shape index (κ2) is 6.53. The molecule has 0 radical (unpaired) electrons. The van der Waals surface area contributed by atoms with E-state index in [1.54, 1.807) is 6.07 Å². The van der Waals surface area contributed by atoms with Gasteiger partial charge < -0.3 is 21.1 Å². The highest BCUT2D eigenvalue weighted by atomic mass is 79.9. The van der Waals surface area contributed by atoms with E-state index in [0.717, 1.165) is 4.90 Å². The number of carboxylic acid groups (broad SMARTS) is 1. The van der Waals surface area contributed by atoms with Gasteiger partial charge in [0, 0.05) is 30.4 Å². The van der Waals surface area contributed by atoms with E-state index in [1.807, 2.05) is 0 Å². The molecule has 0 aliphatic carbocycles. The first-order valence-corrected chi connectivity index (χ1v) is 7.60. The van der Waals surface area contributed by atoms with E-state index < -0.39 is 23.6 Å². The van der Waals surface area contributed by atoms with Crippen molar-refractivity contribution in [3.8, 4) is 0 Å². The number of hydrogen-bond donors (Lipinski definition) is 3. The van der Waals surface area contributed by atoms with Gasteiger partial charge in [0.15, 0.2) is 5.67 Å². The predicted octanol–water partition coefficient (Wildman–Crippen LogP) is 1.97. The number of anilines is 1. The Morgan fingerprint density at radius 2 is 1.91 bits per heavy atom. The maximum absolute atomic E-state index is 14.7. The smallest absolute Gasteiger partial charge is 0.407 e. The maximum Gasteiger partial charge on any atom is 0.407 e. The number of alkyl halides is 1. The van der Waals surface area contributed by atoms with Crippen LogP contribution in [0.25, 0.3) is 0 Å². The van der Waals surface area contributed by atoms with Crippen molar-refractivity contribution in [2.24, 2.45) is 5.73 Å². The van der Waals surface area contributed by atoms with Crippen LogP contribution in [0, 0.1) is 0 Å². The number of nitrogens with two attached hydrogens (primary N) is 1. The zero-order chi connectivity index (χ0) is 17.2. The van der Waals surface area contributed by atoms with Crippen LogP contribution in [-0.4, -0.2) is 46.7 Å². The highest BCUT2D eigenvalue weighted by Gasteiger charge is 2.43. The minimum absolute atomic E-state index is 0.0549. The Morgan fingerprint density at radius 3 is 2.43 bits per heavy atom. The second-order valence-electron chi connectivity index (χ2n) is 5.24. The quantitative estimate of drug-likeness (QED) is 0.735. The lowest BCUT2D eigenvalue weighted by Crippen LogP contribution is -2.50. The van der Waals surface area contributed by atoms with Crippen LogP contribution >= 0.6 is 15.9 Å². The van der Waals surface area contributed by atoms with Gasteiger partial charge in [-0.1, -0.05) is 15.9 Å². The Hall–Kier alpha value is -2.16. The lowest BCUT2D eigenvalue weighted by molar-refractivity contribution is -0.130. The average Bonchev–Trinajstić information content (AvgIpc) is 2.49. The first-order valence-electron chi connectivity index (χ1n) is 6.80. The number of rotatable bonds is 3. The Labute approximate surface area is 139 Å². The number of halogens is 2. The van der Waals surface area contributed by atoms with Gasteiger partial charge in [0.2, 0.25) is 0 Å². The van der Waals surface area contributed by atoms with Gasteiger partial charge in [-0.25, -0.2) is 9.18 Å². The molecular formula is C14H15BrFN3O4. The number of carbonyl (C=O) groups excluding carboxylic acids is 2. The van der Waals surface area contributed by atoms with Crippen LogP contribution < -0.4 is 11.1 Å². The lowest BCUT2D eigenvalue weighted by atomic mass is 9.92. The molecule has 7 nitrogen and oxygen atoms in total. The van der Waals surface area contributed by atoms with Crippen LogP contribution in [0.5, 0.6) is 0 Å². The molecule has 1 aromatic carbocycles. The summed E-state index contributed by atoms with van der Waals surface area (Å²) >= 11 is 3.18. The van der Waals surface area contributed by atoms with E-state index in [0.29, 0.717) is 4.47 Å². The van der Waals surface area contributed by atoms with Crippen molar-refractivity contribution >= 4 is 39.5 Å². The number of likely N-dealkylation sites (tertiary alicyclic amines) is 1. The van der Waals surface area contributed by atoms with Crippen LogP contribution in [0.15, 0.2) is 22.7 Å². The zero-order valence-electron chi connectivity index (χ0n) is 12.0. The third-order valence-corrected chi connectivity index (χ3v) is 4.22. The molecule has 0 atom stereocenters. The number of hydrogen-bond acceptors (Lipinski definition) is 3. The van der Waals surface area contributed by atoms with Gasteiger partial charge in [-0.15, -0.1) is 0 Å². The van der Waals surface area contributed by atoms with E-state index in [4.69, 9.17) is 10.8 Å². The fourth-order valence-electron chi connectivity index (χ4n) is 2.34. The maximum atomic E-state index is 14.7. The molecule has 1 aliphatic rings. The van der Waals surface area contributed by atoms with Crippen molar-refractivity contribution in [2.45, 2.75) is 18.5 Å². The SMILES string of the molecule is NC(=O)c1cc(Br)ccc1NC(=O)C1(F)CCN(C(=O)O)CC1. The van der Waals surface area contributed by atoms with Crippen LogP contribution in [0.3, 0.4) is 0 Å². The van der Waals surface area contributed by atoms with Gasteiger partial charge in [0.25, 0.3) is 11.8 Å². The van der Waals surface area contributed by atoms with Crippen molar-refractivity contribution in [1.82, 2.24) is 4.90 Å². The van der Waals surface area contributed by atoms with Gasteiger partial charge in [0.1, 0.15) is 0 Å². The standard InChI is InChI=1S/C14H15BrFN3O4/c15-8-1-2-10(9(7-8)11(17)20)18-12(21)14(16)3-5-19(6-4-14)13(22)23/h1-2,7H,3-6H2,(H2,17,20)(H,18,21)(H,22,23). The summed E-state index contributed by atoms with van der Waals surface area (Å²) in [5, 5.41) is 11.2. The summed E-state index contributed by atoms with van der Waals surface area (Å²) in [7, 11) is 0. The number of primary amides is 1. The fourth-order valence-corrected chi connectivity index (χ4v) is 2.70. The number of piperidine rings is 1. The lowest BCUT2D eigenvalue weighted by Gasteiger charge is -2.33. The Balaban J connectivity index is 2.14. The summed E-state index contributed by atoms with van der Waals surface area (Å²) in [6.45, 7) is -0.134. The van der Waals surface area contributed by atoms with E-state index >= 15 is 0 Å². The van der Waals surface area contributed by atoms with Crippen LogP contribution in [-0.2, 0) is 4.79 Å². The summed E-state index contributed by atoms with van der Waals surface area (Å²) in [5.74, 6) is -1.66. The Morgan fingerprint density at radius 1 is 1.30 bits per heavy atom. The van der Waals surface area contributed by atoms with Gasteiger partial charge in [-0.2, -0.15) is 0 Å². The largest absolute Gasteiger partial charge is 0.465 e. The highest BCUT2D eigenvalue weighted by Crippen LogP contribution is 2.29. The first kappa shape index (κ1) is 17.2. The average molecular weight is 388 g/mol. The van der Waals surface area contributed by atoms with Crippen molar-refractivity contribution in [3.63, 3.8) is 0 Å². The van der Waals surface area contributed by atoms with E-state index in [2.05, 4.69) is 21.2 Å². The predicted molar refractivity (Wildman–Crippen MR) is 84.0 cm³/mol. The van der Waals surface area contributed by atoms with Crippen LogP contribution in [0.4, 0.5) is 14.9 Å².